The lowest BCUT2D eigenvalue weighted by Gasteiger charge is -2.29. The van der Waals surface area contributed by atoms with E-state index in [-0.39, 0.29) is 18.0 Å². The first kappa shape index (κ1) is 21.6. The van der Waals surface area contributed by atoms with Gasteiger partial charge in [0.05, 0.1) is 22.4 Å². The zero-order valence-corrected chi connectivity index (χ0v) is 19.8. The number of carbonyl (C=O) groups is 2. The summed E-state index contributed by atoms with van der Waals surface area (Å²) in [6.45, 7) is 3.57. The highest BCUT2D eigenvalue weighted by atomic mass is 32.1. The quantitative estimate of drug-likeness (QED) is 0.362. The number of urea groups is 1. The van der Waals surface area contributed by atoms with Gasteiger partial charge in [-0.2, -0.15) is 0 Å². The molecule has 0 aliphatic carbocycles. The maximum atomic E-state index is 13.4. The highest BCUT2D eigenvalue weighted by Gasteiger charge is 2.33. The van der Waals surface area contributed by atoms with Crippen molar-refractivity contribution in [2.75, 3.05) is 23.3 Å². The van der Waals surface area contributed by atoms with Crippen LogP contribution in [0.25, 0.3) is 10.2 Å². The maximum absolute atomic E-state index is 13.4. The van der Waals surface area contributed by atoms with Gasteiger partial charge in [0.2, 0.25) is 0 Å². The number of rotatable bonds is 5. The number of ether oxygens (including phenoxy) is 1. The Morgan fingerprint density at radius 2 is 2.00 bits per heavy atom. The lowest BCUT2D eigenvalue weighted by atomic mass is 10.1. The molecule has 1 fully saturated rings. The number of anilines is 3. The van der Waals surface area contributed by atoms with Gasteiger partial charge in [0, 0.05) is 18.8 Å². The van der Waals surface area contributed by atoms with Crippen LogP contribution in [0.3, 0.4) is 0 Å². The minimum absolute atomic E-state index is 0.0856. The molecule has 0 saturated carbocycles. The summed E-state index contributed by atoms with van der Waals surface area (Å²) in [5, 5.41) is 10.1. The summed E-state index contributed by atoms with van der Waals surface area (Å²) in [5.74, 6) is 1.25. The molecule has 2 aliphatic heterocycles. The Morgan fingerprint density at radius 3 is 2.77 bits per heavy atom. The molecule has 2 aromatic carbocycles. The molecule has 8 nitrogen and oxygen atoms in total. The number of carbonyl (C=O) groups excluding carboxylic acids is 2. The monoisotopic (exact) mass is 485 g/mol. The summed E-state index contributed by atoms with van der Waals surface area (Å²) < 4.78 is 5.95. The van der Waals surface area contributed by atoms with E-state index in [1.165, 1.54) is 11.3 Å². The van der Waals surface area contributed by atoms with E-state index >= 15 is 0 Å². The Hall–Kier alpha value is -3.95. The van der Waals surface area contributed by atoms with E-state index in [1.54, 1.807) is 11.1 Å². The number of nitrogens with one attached hydrogen (secondary N) is 3. The molecule has 6 rings (SSSR count). The third-order valence-electron chi connectivity index (χ3n) is 6.24. The summed E-state index contributed by atoms with van der Waals surface area (Å²) in [4.78, 5) is 33.7. The number of para-hydroxylation sites is 1. The largest absolute Gasteiger partial charge is 0.457 e. The fraction of sp³-hybridized carbons (Fsp3) is 0.192. The number of nitrogens with zero attached hydrogens (tertiary/aromatic N) is 2. The van der Waals surface area contributed by atoms with Crippen molar-refractivity contribution in [2.45, 2.75) is 19.4 Å². The zero-order chi connectivity index (χ0) is 23.9. The molecule has 0 bridgehead atoms. The van der Waals surface area contributed by atoms with Crippen LogP contribution in [-0.4, -0.2) is 36.1 Å². The Kier molecular flexibility index (Phi) is 5.35. The van der Waals surface area contributed by atoms with Gasteiger partial charge in [-0.25, -0.2) is 9.78 Å². The Bertz CT molecular complexity index is 1450. The van der Waals surface area contributed by atoms with Gasteiger partial charge >= 0.3 is 6.03 Å². The van der Waals surface area contributed by atoms with Crippen LogP contribution < -0.4 is 25.6 Å². The Morgan fingerprint density at radius 1 is 1.14 bits per heavy atom. The van der Waals surface area contributed by atoms with Crippen molar-refractivity contribution in [3.8, 4) is 11.5 Å². The van der Waals surface area contributed by atoms with Gasteiger partial charge < -0.3 is 20.7 Å². The van der Waals surface area contributed by atoms with E-state index in [0.29, 0.717) is 26.8 Å². The fourth-order valence-electron chi connectivity index (χ4n) is 4.58. The molecule has 0 spiro atoms. The van der Waals surface area contributed by atoms with E-state index < -0.39 is 0 Å². The number of pyridine rings is 1. The van der Waals surface area contributed by atoms with Crippen LogP contribution in [0.5, 0.6) is 11.5 Å². The summed E-state index contributed by atoms with van der Waals surface area (Å²) in [6.07, 6.45) is 2.56. The minimum Gasteiger partial charge on any atom is -0.457 e. The average molecular weight is 486 g/mol. The van der Waals surface area contributed by atoms with Crippen LogP contribution >= 0.6 is 11.3 Å². The van der Waals surface area contributed by atoms with E-state index in [0.717, 1.165) is 41.9 Å². The minimum atomic E-state index is -0.320. The fourth-order valence-corrected chi connectivity index (χ4v) is 5.60. The SMILES string of the molecule is Cc1cc(Oc2ccccc2)ccc1N1C(=O)Nc2c(C(=O)NC3CCNC3)sc3nccc1c23. The van der Waals surface area contributed by atoms with Crippen molar-refractivity contribution in [2.24, 2.45) is 0 Å². The smallest absolute Gasteiger partial charge is 0.331 e. The first-order valence-corrected chi connectivity index (χ1v) is 12.3. The topological polar surface area (TPSA) is 95.6 Å². The summed E-state index contributed by atoms with van der Waals surface area (Å²) in [6, 6.07) is 16.8. The molecule has 1 atom stereocenters. The molecule has 2 aromatic heterocycles. The Labute approximate surface area is 205 Å². The van der Waals surface area contributed by atoms with Crippen molar-refractivity contribution < 1.29 is 14.3 Å². The second-order valence-electron chi connectivity index (χ2n) is 8.61. The molecule has 2 aliphatic rings. The lowest BCUT2D eigenvalue weighted by molar-refractivity contribution is 0.0945. The number of aromatic nitrogens is 1. The average Bonchev–Trinajstić information content (AvgIpc) is 3.50. The predicted molar refractivity (Wildman–Crippen MR) is 137 cm³/mol. The second kappa shape index (κ2) is 8.68. The van der Waals surface area contributed by atoms with Gasteiger partial charge in [-0.15, -0.1) is 11.3 Å². The third kappa shape index (κ3) is 3.88. The number of hydrogen-bond acceptors (Lipinski definition) is 6. The molecule has 3 amide bonds. The molecule has 0 radical (unpaired) electrons. The van der Waals surface area contributed by atoms with Crippen molar-refractivity contribution in [1.29, 1.82) is 0 Å². The number of thiophene rings is 1. The van der Waals surface area contributed by atoms with E-state index in [4.69, 9.17) is 4.74 Å². The van der Waals surface area contributed by atoms with Crippen molar-refractivity contribution >= 4 is 50.6 Å². The first-order chi connectivity index (χ1) is 17.1. The van der Waals surface area contributed by atoms with Crippen LogP contribution in [-0.2, 0) is 0 Å². The number of amides is 3. The molecule has 1 saturated heterocycles. The normalized spacial score (nSPS) is 16.9. The lowest BCUT2D eigenvalue weighted by Crippen LogP contribution is -2.37. The molecule has 1 unspecified atom stereocenters. The van der Waals surface area contributed by atoms with E-state index in [1.807, 2.05) is 61.5 Å². The van der Waals surface area contributed by atoms with Gasteiger partial charge in [0.15, 0.2) is 0 Å². The molecular formula is C26H23N5O3S. The van der Waals surface area contributed by atoms with Crippen molar-refractivity contribution in [3.63, 3.8) is 0 Å². The number of hydrogen-bond donors (Lipinski definition) is 3. The van der Waals surface area contributed by atoms with Crippen LogP contribution in [0.4, 0.5) is 21.9 Å². The van der Waals surface area contributed by atoms with Crippen LogP contribution in [0, 0.1) is 6.92 Å². The summed E-state index contributed by atoms with van der Waals surface area (Å²) >= 11 is 1.30. The number of aryl methyl sites for hydroxylation is 1. The van der Waals surface area contributed by atoms with Gasteiger partial charge in [-0.3, -0.25) is 9.69 Å². The zero-order valence-electron chi connectivity index (χ0n) is 19.0. The first-order valence-electron chi connectivity index (χ1n) is 11.5. The molecule has 176 valence electrons. The molecule has 4 heterocycles. The van der Waals surface area contributed by atoms with Gasteiger partial charge in [-0.1, -0.05) is 18.2 Å². The van der Waals surface area contributed by atoms with Gasteiger partial charge in [0.25, 0.3) is 5.91 Å². The molecular weight excluding hydrogens is 462 g/mol. The maximum Gasteiger partial charge on any atom is 0.331 e. The third-order valence-corrected chi connectivity index (χ3v) is 7.33. The van der Waals surface area contributed by atoms with Gasteiger partial charge in [0.1, 0.15) is 21.2 Å². The predicted octanol–water partition coefficient (Wildman–Crippen LogP) is 5.17. The van der Waals surface area contributed by atoms with Crippen LogP contribution in [0.1, 0.15) is 21.7 Å². The molecule has 35 heavy (non-hydrogen) atoms. The molecule has 4 aromatic rings. The Balaban J connectivity index is 1.36. The van der Waals surface area contributed by atoms with E-state index in [9.17, 15) is 9.59 Å². The van der Waals surface area contributed by atoms with Crippen molar-refractivity contribution in [1.82, 2.24) is 15.6 Å². The standard InChI is InChI=1S/C26H23N5O3S/c1-15-13-18(34-17-5-3-2-4-6-17)7-8-19(15)31-20-10-12-28-25-21(20)22(30-26(31)33)23(35-25)24(32)29-16-9-11-27-14-16/h2-8,10,12-13,16,27H,9,11,14H2,1H3,(H,29,32)(H,30,33). The summed E-state index contributed by atoms with van der Waals surface area (Å²) in [5.41, 5.74) is 2.84. The number of benzene rings is 2. The molecule has 3 N–H and O–H groups in total. The van der Waals surface area contributed by atoms with Crippen molar-refractivity contribution in [3.05, 3.63) is 71.2 Å². The second-order valence-corrected chi connectivity index (χ2v) is 9.61. The van der Waals surface area contributed by atoms with E-state index in [2.05, 4.69) is 20.9 Å². The highest BCUT2D eigenvalue weighted by molar-refractivity contribution is 7.21. The van der Waals surface area contributed by atoms with Crippen LogP contribution in [0.15, 0.2) is 60.8 Å². The van der Waals surface area contributed by atoms with Crippen LogP contribution in [0.2, 0.25) is 0 Å². The molecule has 9 heteroatoms. The van der Waals surface area contributed by atoms with Gasteiger partial charge in [-0.05, 0) is 61.9 Å². The highest BCUT2D eigenvalue weighted by Crippen LogP contribution is 2.46. The summed E-state index contributed by atoms with van der Waals surface area (Å²) in [7, 11) is 0.